The molecule has 1 atom stereocenters. The minimum atomic E-state index is 0.129. The third-order valence-electron chi connectivity index (χ3n) is 6.07. The molecule has 7 nitrogen and oxygen atoms in total. The molecule has 0 saturated carbocycles. The highest BCUT2D eigenvalue weighted by molar-refractivity contribution is 7.99. The summed E-state index contributed by atoms with van der Waals surface area (Å²) in [6.45, 7) is 3.38. The summed E-state index contributed by atoms with van der Waals surface area (Å²) in [6.07, 6.45) is 3.49. The molecule has 0 bridgehead atoms. The number of carbonyl (C=O) groups excluding carboxylic acids is 1. The number of hydrogen-bond acceptors (Lipinski definition) is 7. The molecule has 1 aromatic carbocycles. The summed E-state index contributed by atoms with van der Waals surface area (Å²) in [5, 5.41) is 11.7. The second-order valence-corrected chi connectivity index (χ2v) is 10.00. The second kappa shape index (κ2) is 10.1. The van der Waals surface area contributed by atoms with Crippen molar-refractivity contribution in [1.29, 1.82) is 0 Å². The lowest BCUT2D eigenvalue weighted by Crippen LogP contribution is -2.40. The van der Waals surface area contributed by atoms with Gasteiger partial charge in [0.1, 0.15) is 11.5 Å². The van der Waals surface area contributed by atoms with Gasteiger partial charge >= 0.3 is 0 Å². The van der Waals surface area contributed by atoms with Crippen LogP contribution in [0.5, 0.6) is 5.75 Å². The number of thioether (sulfide) groups is 1. The highest BCUT2D eigenvalue weighted by Gasteiger charge is 2.30. The van der Waals surface area contributed by atoms with Crippen LogP contribution < -0.4 is 4.74 Å². The summed E-state index contributed by atoms with van der Waals surface area (Å²) in [4.78, 5) is 16.7. The number of hydrogen-bond donors (Lipinski definition) is 0. The van der Waals surface area contributed by atoms with Gasteiger partial charge in [0, 0.05) is 17.0 Å². The zero-order chi connectivity index (χ0) is 23.5. The molecule has 4 aromatic rings. The van der Waals surface area contributed by atoms with Gasteiger partial charge in [-0.1, -0.05) is 30.8 Å². The lowest BCUT2D eigenvalue weighted by atomic mass is 9.98. The van der Waals surface area contributed by atoms with Crippen molar-refractivity contribution in [2.24, 2.45) is 0 Å². The van der Waals surface area contributed by atoms with Crippen molar-refractivity contribution in [2.45, 2.75) is 37.5 Å². The highest BCUT2D eigenvalue weighted by atomic mass is 32.2. The minimum absolute atomic E-state index is 0.129. The Bertz CT molecular complexity index is 1260. The van der Waals surface area contributed by atoms with Crippen molar-refractivity contribution < 1.29 is 13.9 Å². The number of carbonyl (C=O) groups is 1. The number of amides is 1. The van der Waals surface area contributed by atoms with E-state index in [-0.39, 0.29) is 11.9 Å². The standard InChI is InChI=1S/C25H26N4O3S2/c1-3-21-20-10-13-33-22(20)9-11-28(21)23(30)16-34-25-27-26-24(17-6-4-7-18(14-17)31-2)29(25)15-19-8-5-12-32-19/h4-8,10,12-14,21H,3,9,11,15-16H2,1-2H3. The molecule has 34 heavy (non-hydrogen) atoms. The van der Waals surface area contributed by atoms with E-state index >= 15 is 0 Å². The summed E-state index contributed by atoms with van der Waals surface area (Å²) >= 11 is 3.21. The van der Waals surface area contributed by atoms with E-state index in [2.05, 4.69) is 28.6 Å². The molecule has 0 N–H and O–H groups in total. The average Bonchev–Trinajstić information content (AvgIpc) is 3.63. The summed E-state index contributed by atoms with van der Waals surface area (Å²) < 4.78 is 13.0. The van der Waals surface area contributed by atoms with E-state index in [1.807, 2.05) is 45.9 Å². The van der Waals surface area contributed by atoms with Gasteiger partial charge in [-0.3, -0.25) is 9.36 Å². The van der Waals surface area contributed by atoms with Gasteiger partial charge in [-0.15, -0.1) is 21.5 Å². The predicted octanol–water partition coefficient (Wildman–Crippen LogP) is 5.28. The Morgan fingerprint density at radius 1 is 1.26 bits per heavy atom. The van der Waals surface area contributed by atoms with E-state index in [0.717, 1.165) is 36.5 Å². The van der Waals surface area contributed by atoms with Crippen LogP contribution >= 0.6 is 23.1 Å². The Morgan fingerprint density at radius 2 is 2.18 bits per heavy atom. The lowest BCUT2D eigenvalue weighted by Gasteiger charge is -2.35. The Hall–Kier alpha value is -3.04. The van der Waals surface area contributed by atoms with Crippen LogP contribution in [0.2, 0.25) is 0 Å². The van der Waals surface area contributed by atoms with E-state index in [1.165, 1.54) is 22.2 Å². The van der Waals surface area contributed by atoms with Gasteiger partial charge in [-0.05, 0) is 54.1 Å². The van der Waals surface area contributed by atoms with Gasteiger partial charge in [-0.2, -0.15) is 0 Å². The summed E-state index contributed by atoms with van der Waals surface area (Å²) in [6, 6.07) is 13.8. The third kappa shape index (κ3) is 4.50. The molecular formula is C25H26N4O3S2. The van der Waals surface area contributed by atoms with Crippen LogP contribution in [0.15, 0.2) is 63.7 Å². The van der Waals surface area contributed by atoms with Crippen LogP contribution in [0.25, 0.3) is 11.4 Å². The fourth-order valence-electron chi connectivity index (χ4n) is 4.42. The topological polar surface area (TPSA) is 73.4 Å². The number of methoxy groups -OCH3 is 1. The first-order chi connectivity index (χ1) is 16.7. The molecule has 0 spiro atoms. The Balaban J connectivity index is 1.38. The maximum absolute atomic E-state index is 13.3. The molecule has 0 radical (unpaired) electrons. The number of rotatable bonds is 8. The van der Waals surface area contributed by atoms with Crippen LogP contribution in [-0.2, 0) is 17.8 Å². The Labute approximate surface area is 206 Å². The predicted molar refractivity (Wildman–Crippen MR) is 133 cm³/mol. The number of benzene rings is 1. The first kappa shape index (κ1) is 22.7. The Kier molecular flexibility index (Phi) is 6.73. The zero-order valence-electron chi connectivity index (χ0n) is 19.1. The number of fused-ring (bicyclic) bond motifs is 1. The number of furan rings is 1. The molecular weight excluding hydrogens is 468 g/mol. The van der Waals surface area contributed by atoms with E-state index < -0.39 is 0 Å². The smallest absolute Gasteiger partial charge is 0.233 e. The fourth-order valence-corrected chi connectivity index (χ4v) is 6.17. The molecule has 4 heterocycles. The number of aromatic nitrogens is 3. The third-order valence-corrected chi connectivity index (χ3v) is 8.01. The highest BCUT2D eigenvalue weighted by Crippen LogP contribution is 2.36. The van der Waals surface area contributed by atoms with Gasteiger partial charge in [0.05, 0.1) is 31.7 Å². The monoisotopic (exact) mass is 494 g/mol. The average molecular weight is 495 g/mol. The maximum Gasteiger partial charge on any atom is 0.233 e. The van der Waals surface area contributed by atoms with Gasteiger partial charge in [0.25, 0.3) is 0 Å². The first-order valence-electron chi connectivity index (χ1n) is 11.3. The van der Waals surface area contributed by atoms with Crippen LogP contribution in [-0.4, -0.2) is 45.0 Å². The molecule has 0 saturated heterocycles. The SMILES string of the molecule is CCC1c2ccsc2CCN1C(=O)CSc1nnc(-c2cccc(OC)c2)n1Cc1ccco1. The van der Waals surface area contributed by atoms with E-state index in [1.54, 1.807) is 24.7 Å². The van der Waals surface area contributed by atoms with Crippen LogP contribution in [0.1, 0.15) is 35.6 Å². The summed E-state index contributed by atoms with van der Waals surface area (Å²) in [5.74, 6) is 2.69. The lowest BCUT2D eigenvalue weighted by molar-refractivity contribution is -0.131. The van der Waals surface area contributed by atoms with E-state index in [4.69, 9.17) is 9.15 Å². The summed E-state index contributed by atoms with van der Waals surface area (Å²) in [7, 11) is 1.64. The van der Waals surface area contributed by atoms with Crippen molar-refractivity contribution in [3.8, 4) is 17.1 Å². The number of ether oxygens (including phenoxy) is 1. The molecule has 176 valence electrons. The molecule has 5 rings (SSSR count). The van der Waals surface area contributed by atoms with Gasteiger partial charge < -0.3 is 14.1 Å². The van der Waals surface area contributed by atoms with E-state index in [9.17, 15) is 4.79 Å². The van der Waals surface area contributed by atoms with Crippen molar-refractivity contribution >= 4 is 29.0 Å². The molecule has 0 aliphatic carbocycles. The molecule has 0 fully saturated rings. The number of nitrogens with zero attached hydrogens (tertiary/aromatic N) is 4. The maximum atomic E-state index is 13.3. The normalized spacial score (nSPS) is 15.4. The second-order valence-electron chi connectivity index (χ2n) is 8.05. The summed E-state index contributed by atoms with van der Waals surface area (Å²) in [5.41, 5.74) is 2.20. The van der Waals surface area contributed by atoms with Crippen molar-refractivity contribution in [3.05, 3.63) is 70.3 Å². The van der Waals surface area contributed by atoms with Gasteiger partial charge in [0.15, 0.2) is 11.0 Å². The van der Waals surface area contributed by atoms with Crippen molar-refractivity contribution in [1.82, 2.24) is 19.7 Å². The van der Waals surface area contributed by atoms with Gasteiger partial charge in [-0.25, -0.2) is 0 Å². The van der Waals surface area contributed by atoms with Crippen LogP contribution in [0.3, 0.4) is 0 Å². The zero-order valence-corrected chi connectivity index (χ0v) is 20.8. The van der Waals surface area contributed by atoms with Gasteiger partial charge in [0.2, 0.25) is 5.91 Å². The molecule has 1 aliphatic heterocycles. The first-order valence-corrected chi connectivity index (χ1v) is 13.1. The van der Waals surface area contributed by atoms with Crippen molar-refractivity contribution in [2.75, 3.05) is 19.4 Å². The fraction of sp³-hybridized carbons (Fsp3) is 0.320. The molecule has 1 amide bonds. The number of thiophene rings is 1. The van der Waals surface area contributed by atoms with Crippen LogP contribution in [0, 0.1) is 0 Å². The molecule has 3 aromatic heterocycles. The molecule has 9 heteroatoms. The van der Waals surface area contributed by atoms with Crippen LogP contribution in [0.4, 0.5) is 0 Å². The molecule has 1 unspecified atom stereocenters. The van der Waals surface area contributed by atoms with E-state index in [0.29, 0.717) is 23.3 Å². The molecule has 1 aliphatic rings. The minimum Gasteiger partial charge on any atom is -0.497 e. The largest absolute Gasteiger partial charge is 0.497 e. The quantitative estimate of drug-likeness (QED) is 0.310. The Morgan fingerprint density at radius 3 is 2.97 bits per heavy atom. The van der Waals surface area contributed by atoms with Crippen molar-refractivity contribution in [3.63, 3.8) is 0 Å².